The molecule has 0 bridgehead atoms. The SMILES string of the molecule is O=C1OCCc2c(-c3ccccc3)nc3ccc(Br)cc3c21. The van der Waals surface area contributed by atoms with Crippen molar-refractivity contribution in [1.29, 1.82) is 0 Å². The average molecular weight is 354 g/mol. The number of ether oxygens (including phenoxy) is 1. The molecule has 108 valence electrons. The van der Waals surface area contributed by atoms with E-state index in [4.69, 9.17) is 9.72 Å². The summed E-state index contributed by atoms with van der Waals surface area (Å²) >= 11 is 3.46. The summed E-state index contributed by atoms with van der Waals surface area (Å²) in [6.45, 7) is 0.410. The van der Waals surface area contributed by atoms with Crippen LogP contribution in [0.5, 0.6) is 0 Å². The number of cyclic esters (lactones) is 1. The van der Waals surface area contributed by atoms with Crippen LogP contribution in [0, 0.1) is 0 Å². The second-order valence-electron chi connectivity index (χ2n) is 5.23. The Morgan fingerprint density at radius 2 is 1.91 bits per heavy atom. The van der Waals surface area contributed by atoms with Crippen molar-refractivity contribution in [2.24, 2.45) is 0 Å². The standard InChI is InChI=1S/C18H12BrNO2/c19-12-6-7-15-14(10-12)16-13(8-9-22-18(16)21)17(20-15)11-4-2-1-3-5-11/h1-7,10H,8-9H2. The Labute approximate surface area is 136 Å². The second-order valence-corrected chi connectivity index (χ2v) is 6.14. The number of fused-ring (bicyclic) bond motifs is 3. The first-order valence-corrected chi connectivity index (χ1v) is 7.88. The lowest BCUT2D eigenvalue weighted by Crippen LogP contribution is -2.19. The minimum Gasteiger partial charge on any atom is -0.462 e. The van der Waals surface area contributed by atoms with Crippen LogP contribution in [0.1, 0.15) is 15.9 Å². The fourth-order valence-corrected chi connectivity index (χ4v) is 3.27. The van der Waals surface area contributed by atoms with Crippen LogP contribution in [0.4, 0.5) is 0 Å². The van der Waals surface area contributed by atoms with E-state index >= 15 is 0 Å². The highest BCUT2D eigenvalue weighted by Gasteiger charge is 2.26. The first-order chi connectivity index (χ1) is 10.7. The van der Waals surface area contributed by atoms with Crippen LogP contribution in [-0.2, 0) is 11.2 Å². The Kier molecular flexibility index (Phi) is 3.19. The third kappa shape index (κ3) is 2.11. The molecule has 1 aliphatic heterocycles. The van der Waals surface area contributed by atoms with Gasteiger partial charge in [0.25, 0.3) is 0 Å². The number of halogens is 1. The molecular formula is C18H12BrNO2. The predicted molar refractivity (Wildman–Crippen MR) is 88.9 cm³/mol. The van der Waals surface area contributed by atoms with Gasteiger partial charge in [-0.1, -0.05) is 46.3 Å². The van der Waals surface area contributed by atoms with Crippen LogP contribution >= 0.6 is 15.9 Å². The molecule has 0 aliphatic carbocycles. The average Bonchev–Trinajstić information content (AvgIpc) is 2.55. The first kappa shape index (κ1) is 13.5. The number of rotatable bonds is 1. The molecular weight excluding hydrogens is 342 g/mol. The quantitative estimate of drug-likeness (QED) is 0.609. The maximum absolute atomic E-state index is 12.3. The molecule has 2 heterocycles. The highest BCUT2D eigenvalue weighted by atomic mass is 79.9. The predicted octanol–water partition coefficient (Wildman–Crippen LogP) is 4.38. The Morgan fingerprint density at radius 3 is 2.73 bits per heavy atom. The number of esters is 1. The van der Waals surface area contributed by atoms with E-state index in [1.165, 1.54) is 0 Å². The van der Waals surface area contributed by atoms with Gasteiger partial charge in [0.2, 0.25) is 0 Å². The first-order valence-electron chi connectivity index (χ1n) is 7.09. The van der Waals surface area contributed by atoms with Gasteiger partial charge in [0.15, 0.2) is 0 Å². The molecule has 0 amide bonds. The molecule has 0 fully saturated rings. The highest BCUT2D eigenvalue weighted by molar-refractivity contribution is 9.10. The van der Waals surface area contributed by atoms with Crippen LogP contribution in [0.25, 0.3) is 22.2 Å². The molecule has 1 aromatic heterocycles. The summed E-state index contributed by atoms with van der Waals surface area (Å²) < 4.78 is 6.19. The molecule has 4 heteroatoms. The number of carbonyl (C=O) groups excluding carboxylic acids is 1. The van der Waals surface area contributed by atoms with E-state index in [-0.39, 0.29) is 5.97 Å². The lowest BCUT2D eigenvalue weighted by atomic mass is 9.93. The number of hydrogen-bond acceptors (Lipinski definition) is 3. The van der Waals surface area contributed by atoms with Gasteiger partial charge in [-0.15, -0.1) is 0 Å². The van der Waals surface area contributed by atoms with Crippen molar-refractivity contribution in [1.82, 2.24) is 4.98 Å². The van der Waals surface area contributed by atoms with E-state index in [9.17, 15) is 4.79 Å². The monoisotopic (exact) mass is 353 g/mol. The van der Waals surface area contributed by atoms with E-state index in [0.717, 1.165) is 32.2 Å². The van der Waals surface area contributed by atoms with Gasteiger partial charge < -0.3 is 4.74 Å². The van der Waals surface area contributed by atoms with E-state index < -0.39 is 0 Å². The summed E-state index contributed by atoms with van der Waals surface area (Å²) in [5, 5.41) is 0.841. The number of carbonyl (C=O) groups is 1. The maximum Gasteiger partial charge on any atom is 0.339 e. The van der Waals surface area contributed by atoms with E-state index in [1.54, 1.807) is 0 Å². The Morgan fingerprint density at radius 1 is 1.09 bits per heavy atom. The fourth-order valence-electron chi connectivity index (χ4n) is 2.90. The highest BCUT2D eigenvalue weighted by Crippen LogP contribution is 2.34. The van der Waals surface area contributed by atoms with Crippen molar-refractivity contribution in [2.45, 2.75) is 6.42 Å². The zero-order valence-electron chi connectivity index (χ0n) is 11.7. The lowest BCUT2D eigenvalue weighted by molar-refractivity contribution is 0.0483. The van der Waals surface area contributed by atoms with Gasteiger partial charge in [0.05, 0.1) is 23.4 Å². The lowest BCUT2D eigenvalue weighted by Gasteiger charge is -2.20. The third-order valence-corrected chi connectivity index (χ3v) is 4.38. The van der Waals surface area contributed by atoms with Gasteiger partial charge >= 0.3 is 5.97 Å². The molecule has 4 rings (SSSR count). The molecule has 0 atom stereocenters. The minimum atomic E-state index is -0.260. The van der Waals surface area contributed by atoms with Gasteiger partial charge in [0.1, 0.15) is 0 Å². The molecule has 0 saturated heterocycles. The van der Waals surface area contributed by atoms with Crippen LogP contribution in [0.15, 0.2) is 53.0 Å². The van der Waals surface area contributed by atoms with Crippen molar-refractivity contribution < 1.29 is 9.53 Å². The number of hydrogen-bond donors (Lipinski definition) is 0. The number of pyridine rings is 1. The van der Waals surface area contributed by atoms with Gasteiger partial charge in [-0.2, -0.15) is 0 Å². The van der Waals surface area contributed by atoms with Crippen molar-refractivity contribution in [2.75, 3.05) is 6.61 Å². The van der Waals surface area contributed by atoms with Crippen LogP contribution in [0.2, 0.25) is 0 Å². The molecule has 22 heavy (non-hydrogen) atoms. The molecule has 1 aliphatic rings. The summed E-state index contributed by atoms with van der Waals surface area (Å²) in [6.07, 6.45) is 0.695. The minimum absolute atomic E-state index is 0.260. The molecule has 0 radical (unpaired) electrons. The largest absolute Gasteiger partial charge is 0.462 e. The van der Waals surface area contributed by atoms with E-state index in [0.29, 0.717) is 18.6 Å². The molecule has 0 spiro atoms. The van der Waals surface area contributed by atoms with Crippen LogP contribution < -0.4 is 0 Å². The topological polar surface area (TPSA) is 39.2 Å². The Balaban J connectivity index is 2.11. The zero-order valence-corrected chi connectivity index (χ0v) is 13.3. The number of benzene rings is 2. The summed E-state index contributed by atoms with van der Waals surface area (Å²) in [5.74, 6) is -0.260. The summed E-state index contributed by atoms with van der Waals surface area (Å²) in [7, 11) is 0. The van der Waals surface area contributed by atoms with Gasteiger partial charge in [-0.25, -0.2) is 9.78 Å². The molecule has 0 N–H and O–H groups in total. The summed E-state index contributed by atoms with van der Waals surface area (Å²) in [4.78, 5) is 17.1. The van der Waals surface area contributed by atoms with E-state index in [1.807, 2.05) is 48.5 Å². The normalized spacial score (nSPS) is 13.8. The number of aromatic nitrogens is 1. The van der Waals surface area contributed by atoms with Crippen LogP contribution in [0.3, 0.4) is 0 Å². The van der Waals surface area contributed by atoms with Gasteiger partial charge in [-0.3, -0.25) is 0 Å². The molecule has 3 nitrogen and oxygen atoms in total. The number of nitrogens with zero attached hydrogens (tertiary/aromatic N) is 1. The molecule has 3 aromatic rings. The summed E-state index contributed by atoms with van der Waals surface area (Å²) in [5.41, 5.74) is 4.34. The van der Waals surface area contributed by atoms with Crippen molar-refractivity contribution in [3.63, 3.8) is 0 Å². The molecule has 0 unspecified atom stereocenters. The van der Waals surface area contributed by atoms with E-state index in [2.05, 4.69) is 15.9 Å². The zero-order chi connectivity index (χ0) is 15.1. The summed E-state index contributed by atoms with van der Waals surface area (Å²) in [6, 6.07) is 15.8. The smallest absolute Gasteiger partial charge is 0.339 e. The Hall–Kier alpha value is -2.20. The second kappa shape index (κ2) is 5.21. The van der Waals surface area contributed by atoms with Crippen molar-refractivity contribution in [3.8, 4) is 11.3 Å². The fraction of sp³-hybridized carbons (Fsp3) is 0.111. The van der Waals surface area contributed by atoms with Crippen molar-refractivity contribution in [3.05, 3.63) is 64.1 Å². The van der Waals surface area contributed by atoms with Crippen molar-refractivity contribution >= 4 is 32.8 Å². The maximum atomic E-state index is 12.3. The van der Waals surface area contributed by atoms with Gasteiger partial charge in [0, 0.05) is 21.8 Å². The van der Waals surface area contributed by atoms with Gasteiger partial charge in [-0.05, 0) is 23.8 Å². The van der Waals surface area contributed by atoms with Crippen LogP contribution in [-0.4, -0.2) is 17.6 Å². The molecule has 0 saturated carbocycles. The molecule has 2 aromatic carbocycles. The third-order valence-electron chi connectivity index (χ3n) is 3.88. The Bertz CT molecular complexity index is 890.